The molecule has 0 radical (unpaired) electrons. The molecule has 18 heavy (non-hydrogen) atoms. The van der Waals surface area contributed by atoms with Crippen molar-refractivity contribution >= 4 is 26.0 Å². The molecule has 0 aromatic carbocycles. The molecule has 0 amide bonds. The Kier molecular flexibility index (Phi) is 5.47. The summed E-state index contributed by atoms with van der Waals surface area (Å²) in [5.41, 5.74) is 0. The molecule has 106 valence electrons. The number of hydrogen-bond acceptors (Lipinski definition) is 3. The van der Waals surface area contributed by atoms with Crippen molar-refractivity contribution in [1.29, 1.82) is 0 Å². The van der Waals surface area contributed by atoms with Crippen LogP contribution in [0.25, 0.3) is 0 Å². The maximum Gasteiger partial charge on any atom is 0.216 e. The Morgan fingerprint density at radius 1 is 1.17 bits per heavy atom. The maximum absolute atomic E-state index is 12.5. The van der Waals surface area contributed by atoms with Crippen molar-refractivity contribution in [2.75, 3.05) is 24.2 Å². The van der Waals surface area contributed by atoms with E-state index in [1.165, 1.54) is 0 Å². The zero-order chi connectivity index (χ0) is 13.0. The summed E-state index contributed by atoms with van der Waals surface area (Å²) in [6, 6.07) is 0.217. The second-order valence-corrected chi connectivity index (χ2v) is 7.91. The van der Waals surface area contributed by atoms with Gasteiger partial charge in [0, 0.05) is 24.5 Å². The highest BCUT2D eigenvalue weighted by Crippen LogP contribution is 2.27. The highest BCUT2D eigenvalue weighted by Gasteiger charge is 2.34. The fraction of sp³-hybridized carbons (Fsp3) is 1.00. The van der Waals surface area contributed by atoms with Crippen molar-refractivity contribution in [3.05, 3.63) is 0 Å². The Hall–Kier alpha value is 0.350. The molecule has 2 fully saturated rings. The standard InChI is InChI=1S/C12H22BrNO3S/c13-7-8-14(11-4-1-2-5-11)18(15,16)10-12-6-3-9-17-12/h11-12H,1-10H2. The van der Waals surface area contributed by atoms with Gasteiger partial charge in [-0.3, -0.25) is 0 Å². The molecule has 0 bridgehead atoms. The molecule has 1 aliphatic carbocycles. The van der Waals surface area contributed by atoms with Gasteiger partial charge in [0.1, 0.15) is 0 Å². The van der Waals surface area contributed by atoms with Gasteiger partial charge in [0.25, 0.3) is 0 Å². The molecular weight excluding hydrogens is 318 g/mol. The predicted octanol–water partition coefficient (Wildman–Crippen LogP) is 2.13. The number of hydrogen-bond donors (Lipinski definition) is 0. The molecule has 1 saturated heterocycles. The smallest absolute Gasteiger partial charge is 0.216 e. The Bertz CT molecular complexity index is 348. The lowest BCUT2D eigenvalue weighted by Gasteiger charge is -2.28. The van der Waals surface area contributed by atoms with Crippen molar-refractivity contribution in [3.8, 4) is 0 Å². The van der Waals surface area contributed by atoms with E-state index in [0.29, 0.717) is 18.5 Å². The summed E-state index contributed by atoms with van der Waals surface area (Å²) >= 11 is 3.36. The van der Waals surface area contributed by atoms with Gasteiger partial charge in [0.05, 0.1) is 11.9 Å². The quantitative estimate of drug-likeness (QED) is 0.696. The van der Waals surface area contributed by atoms with Gasteiger partial charge in [-0.2, -0.15) is 4.31 Å². The Balaban J connectivity index is 2.02. The van der Waals surface area contributed by atoms with Crippen LogP contribution in [0.3, 0.4) is 0 Å². The molecule has 1 aliphatic heterocycles. The van der Waals surface area contributed by atoms with Crippen molar-refractivity contribution in [3.63, 3.8) is 0 Å². The van der Waals surface area contributed by atoms with Gasteiger partial charge >= 0.3 is 0 Å². The predicted molar refractivity (Wildman–Crippen MR) is 75.5 cm³/mol. The van der Waals surface area contributed by atoms with Crippen LogP contribution < -0.4 is 0 Å². The van der Waals surface area contributed by atoms with E-state index in [1.807, 2.05) is 0 Å². The zero-order valence-electron chi connectivity index (χ0n) is 10.7. The fourth-order valence-electron chi connectivity index (χ4n) is 2.93. The highest BCUT2D eigenvalue weighted by atomic mass is 79.9. The number of rotatable bonds is 6. The van der Waals surface area contributed by atoms with Gasteiger partial charge in [-0.05, 0) is 25.7 Å². The van der Waals surface area contributed by atoms with Gasteiger partial charge in [0.2, 0.25) is 10.0 Å². The van der Waals surface area contributed by atoms with E-state index in [0.717, 1.165) is 38.5 Å². The molecule has 0 N–H and O–H groups in total. The number of sulfonamides is 1. The van der Waals surface area contributed by atoms with Crippen molar-refractivity contribution in [2.45, 2.75) is 50.7 Å². The van der Waals surface area contributed by atoms with Crippen molar-refractivity contribution < 1.29 is 13.2 Å². The molecule has 1 unspecified atom stereocenters. The van der Waals surface area contributed by atoms with Crippen LogP contribution in [0.2, 0.25) is 0 Å². The van der Waals surface area contributed by atoms with E-state index in [4.69, 9.17) is 4.74 Å². The average molecular weight is 340 g/mol. The normalized spacial score (nSPS) is 26.2. The molecule has 1 atom stereocenters. The summed E-state index contributed by atoms with van der Waals surface area (Å²) in [4.78, 5) is 0. The van der Waals surface area contributed by atoms with E-state index in [-0.39, 0.29) is 17.9 Å². The minimum Gasteiger partial charge on any atom is -0.377 e. The monoisotopic (exact) mass is 339 g/mol. The third-order valence-electron chi connectivity index (χ3n) is 3.81. The average Bonchev–Trinajstić information content (AvgIpc) is 2.97. The van der Waals surface area contributed by atoms with E-state index in [2.05, 4.69) is 15.9 Å². The lowest BCUT2D eigenvalue weighted by atomic mass is 10.2. The lowest BCUT2D eigenvalue weighted by molar-refractivity contribution is 0.126. The Morgan fingerprint density at radius 3 is 2.44 bits per heavy atom. The SMILES string of the molecule is O=S(=O)(CC1CCCO1)N(CCBr)C1CCCC1. The van der Waals surface area contributed by atoms with Crippen LogP contribution in [-0.4, -0.2) is 49.1 Å². The van der Waals surface area contributed by atoms with Crippen LogP contribution in [0.4, 0.5) is 0 Å². The molecule has 0 spiro atoms. The van der Waals surface area contributed by atoms with E-state index >= 15 is 0 Å². The third kappa shape index (κ3) is 3.68. The lowest BCUT2D eigenvalue weighted by Crippen LogP contribution is -2.43. The van der Waals surface area contributed by atoms with Crippen LogP contribution in [0, 0.1) is 0 Å². The molecule has 0 aromatic heterocycles. The number of halogens is 1. The van der Waals surface area contributed by atoms with Crippen LogP contribution in [0.5, 0.6) is 0 Å². The van der Waals surface area contributed by atoms with Crippen LogP contribution >= 0.6 is 15.9 Å². The minimum absolute atomic E-state index is 0.0887. The van der Waals surface area contributed by atoms with Crippen molar-refractivity contribution in [2.24, 2.45) is 0 Å². The van der Waals surface area contributed by atoms with Crippen LogP contribution in [0.1, 0.15) is 38.5 Å². The number of nitrogens with zero attached hydrogens (tertiary/aromatic N) is 1. The van der Waals surface area contributed by atoms with Gasteiger partial charge in [-0.15, -0.1) is 0 Å². The summed E-state index contributed by atoms with van der Waals surface area (Å²) in [5, 5.41) is 0.703. The van der Waals surface area contributed by atoms with Gasteiger partial charge in [-0.25, -0.2) is 8.42 Å². The Labute approximate surface area is 118 Å². The molecule has 4 nitrogen and oxygen atoms in total. The van der Waals surface area contributed by atoms with Crippen LogP contribution in [0.15, 0.2) is 0 Å². The van der Waals surface area contributed by atoms with Gasteiger partial charge in [-0.1, -0.05) is 28.8 Å². The summed E-state index contributed by atoms with van der Waals surface area (Å²) in [5.74, 6) is 0.163. The molecular formula is C12H22BrNO3S. The van der Waals surface area contributed by atoms with Crippen LogP contribution in [-0.2, 0) is 14.8 Å². The first kappa shape index (κ1) is 14.8. The van der Waals surface area contributed by atoms with E-state index in [1.54, 1.807) is 4.31 Å². The molecule has 0 aromatic rings. The fourth-order valence-corrected chi connectivity index (χ4v) is 5.51. The zero-order valence-corrected chi connectivity index (χ0v) is 13.1. The summed E-state index contributed by atoms with van der Waals surface area (Å²) in [6.45, 7) is 1.29. The first-order valence-electron chi connectivity index (χ1n) is 6.80. The van der Waals surface area contributed by atoms with Crippen molar-refractivity contribution in [1.82, 2.24) is 4.31 Å². The first-order chi connectivity index (χ1) is 8.63. The second-order valence-electron chi connectivity index (χ2n) is 5.15. The number of ether oxygens (including phenoxy) is 1. The molecule has 2 rings (SSSR count). The number of alkyl halides is 1. The first-order valence-corrected chi connectivity index (χ1v) is 9.53. The Morgan fingerprint density at radius 2 is 1.89 bits per heavy atom. The molecule has 6 heteroatoms. The van der Waals surface area contributed by atoms with E-state index < -0.39 is 10.0 Å². The van der Waals surface area contributed by atoms with Gasteiger partial charge < -0.3 is 4.74 Å². The highest BCUT2D eigenvalue weighted by molar-refractivity contribution is 9.09. The maximum atomic E-state index is 12.5. The molecule has 2 aliphatic rings. The van der Waals surface area contributed by atoms with Gasteiger partial charge in [0.15, 0.2) is 0 Å². The molecule has 1 saturated carbocycles. The topological polar surface area (TPSA) is 46.6 Å². The summed E-state index contributed by atoms with van der Waals surface area (Å²) < 4.78 is 32.2. The summed E-state index contributed by atoms with van der Waals surface area (Å²) in [6.07, 6.45) is 6.11. The van der Waals surface area contributed by atoms with E-state index in [9.17, 15) is 8.42 Å². The second kappa shape index (κ2) is 6.68. The third-order valence-corrected chi connectivity index (χ3v) is 6.16. The molecule has 1 heterocycles. The minimum atomic E-state index is -3.17. The summed E-state index contributed by atoms with van der Waals surface area (Å²) in [7, 11) is -3.17. The largest absolute Gasteiger partial charge is 0.377 e.